The van der Waals surface area contributed by atoms with E-state index in [4.69, 9.17) is 5.10 Å². The van der Waals surface area contributed by atoms with E-state index >= 15 is 0 Å². The Morgan fingerprint density at radius 3 is 2.61 bits per heavy atom. The first-order valence-corrected chi connectivity index (χ1v) is 9.83. The number of nitrogens with one attached hydrogen (secondary N) is 2. The van der Waals surface area contributed by atoms with E-state index in [1.165, 1.54) is 0 Å². The number of benzene rings is 1. The summed E-state index contributed by atoms with van der Waals surface area (Å²) in [6.07, 6.45) is 5.06. The Bertz CT molecular complexity index is 1250. The van der Waals surface area contributed by atoms with Crippen molar-refractivity contribution < 1.29 is 4.79 Å². The van der Waals surface area contributed by atoms with E-state index in [0.717, 1.165) is 11.1 Å². The summed E-state index contributed by atoms with van der Waals surface area (Å²) in [6.45, 7) is 1.87. The Balaban J connectivity index is 1.60. The Kier molecular flexibility index (Phi) is 4.72. The molecule has 0 fully saturated rings. The molecule has 152 valence electrons. The van der Waals surface area contributed by atoms with Crippen LogP contribution in [0.15, 0.2) is 90.5 Å². The molecule has 3 aromatic heterocycles. The van der Waals surface area contributed by atoms with Gasteiger partial charge < -0.3 is 10.6 Å². The summed E-state index contributed by atoms with van der Waals surface area (Å²) in [6, 6.07) is 18.5. The van der Waals surface area contributed by atoms with Gasteiger partial charge in [-0.15, -0.1) is 5.10 Å². The van der Waals surface area contributed by atoms with Crippen molar-refractivity contribution in [3.05, 3.63) is 96.1 Å². The van der Waals surface area contributed by atoms with Crippen LogP contribution in [-0.2, 0) is 4.79 Å². The minimum Gasteiger partial charge on any atom is -0.328 e. The van der Waals surface area contributed by atoms with Gasteiger partial charge in [-0.2, -0.15) is 4.98 Å². The number of rotatable bonds is 4. The third-order valence-corrected chi connectivity index (χ3v) is 5.04. The molecule has 1 aliphatic rings. The molecular formula is C23H19N7O. The van der Waals surface area contributed by atoms with Crippen molar-refractivity contribution in [1.82, 2.24) is 24.7 Å². The lowest BCUT2D eigenvalue weighted by atomic mass is 9.95. The molecule has 0 radical (unpaired) electrons. The van der Waals surface area contributed by atoms with E-state index < -0.39 is 6.04 Å². The Morgan fingerprint density at radius 2 is 1.87 bits per heavy atom. The molecule has 4 heterocycles. The van der Waals surface area contributed by atoms with Crippen molar-refractivity contribution in [1.29, 1.82) is 0 Å². The number of hydrogen-bond donors (Lipinski definition) is 2. The molecule has 2 N–H and O–H groups in total. The minimum absolute atomic E-state index is 0.248. The highest BCUT2D eigenvalue weighted by molar-refractivity contribution is 6.05. The van der Waals surface area contributed by atoms with Gasteiger partial charge in [0.25, 0.3) is 5.91 Å². The van der Waals surface area contributed by atoms with Crippen LogP contribution >= 0.6 is 0 Å². The van der Waals surface area contributed by atoms with Crippen LogP contribution in [0, 0.1) is 0 Å². The average Bonchev–Trinajstić information content (AvgIpc) is 3.23. The average molecular weight is 409 g/mol. The fraction of sp³-hybridized carbons (Fsp3) is 0.0870. The van der Waals surface area contributed by atoms with Crippen LogP contribution in [0.4, 0.5) is 11.8 Å². The number of fused-ring (bicyclic) bond motifs is 1. The van der Waals surface area contributed by atoms with Gasteiger partial charge in [0, 0.05) is 29.9 Å². The Hall–Kier alpha value is -4.33. The summed E-state index contributed by atoms with van der Waals surface area (Å²) >= 11 is 0. The van der Waals surface area contributed by atoms with Crippen molar-refractivity contribution in [2.75, 3.05) is 10.6 Å². The van der Waals surface area contributed by atoms with Gasteiger partial charge in [0.05, 0.1) is 5.57 Å². The van der Waals surface area contributed by atoms with Gasteiger partial charge in [-0.3, -0.25) is 9.78 Å². The number of amides is 1. The molecule has 0 bridgehead atoms. The predicted octanol–water partition coefficient (Wildman–Crippen LogP) is 3.66. The number of carbonyl (C=O) groups is 1. The fourth-order valence-electron chi connectivity index (χ4n) is 3.63. The highest BCUT2D eigenvalue weighted by atomic mass is 16.1. The second kappa shape index (κ2) is 7.83. The zero-order chi connectivity index (χ0) is 21.2. The smallest absolute Gasteiger partial charge is 0.257 e. The first-order valence-electron chi connectivity index (χ1n) is 9.83. The number of pyridine rings is 2. The fourth-order valence-corrected chi connectivity index (χ4v) is 3.63. The van der Waals surface area contributed by atoms with Crippen LogP contribution in [0.25, 0.3) is 11.4 Å². The van der Waals surface area contributed by atoms with Crippen molar-refractivity contribution >= 4 is 17.7 Å². The highest BCUT2D eigenvalue weighted by Gasteiger charge is 2.34. The van der Waals surface area contributed by atoms with E-state index in [1.54, 1.807) is 35.4 Å². The first kappa shape index (κ1) is 18.7. The molecule has 1 aromatic carbocycles. The quantitative estimate of drug-likeness (QED) is 0.534. The van der Waals surface area contributed by atoms with E-state index in [-0.39, 0.29) is 5.91 Å². The molecule has 0 aliphatic carbocycles. The standard InChI is InChI=1S/C23H19N7O/c1-15-19(22(31)27-18-11-5-6-13-25-18)20(16-8-3-2-4-9-16)30-23(26-15)28-21(29-30)17-10-7-12-24-14-17/h2-14,20H,1H3,(H,25,27,31)(H,26,28,29). The van der Waals surface area contributed by atoms with Crippen LogP contribution in [0.5, 0.6) is 0 Å². The van der Waals surface area contributed by atoms with E-state index in [2.05, 4.69) is 25.6 Å². The molecule has 4 aromatic rings. The van der Waals surface area contributed by atoms with Gasteiger partial charge in [0.2, 0.25) is 5.95 Å². The molecule has 0 saturated heterocycles. The molecule has 8 heteroatoms. The second-order valence-corrected chi connectivity index (χ2v) is 7.09. The zero-order valence-electron chi connectivity index (χ0n) is 16.7. The maximum atomic E-state index is 13.3. The molecule has 8 nitrogen and oxygen atoms in total. The summed E-state index contributed by atoms with van der Waals surface area (Å²) in [5.74, 6) is 1.34. The number of carbonyl (C=O) groups excluding carboxylic acids is 1. The van der Waals surface area contributed by atoms with Gasteiger partial charge in [-0.05, 0) is 36.8 Å². The lowest BCUT2D eigenvalue weighted by Crippen LogP contribution is -2.31. The molecule has 5 rings (SSSR count). The third-order valence-electron chi connectivity index (χ3n) is 5.04. The van der Waals surface area contributed by atoms with Crippen LogP contribution < -0.4 is 10.6 Å². The summed E-state index contributed by atoms with van der Waals surface area (Å²) in [5, 5.41) is 10.9. The maximum Gasteiger partial charge on any atom is 0.257 e. The maximum absolute atomic E-state index is 13.3. The van der Waals surface area contributed by atoms with Crippen molar-refractivity contribution in [3.8, 4) is 11.4 Å². The Labute approximate surface area is 178 Å². The summed E-state index contributed by atoms with van der Waals surface area (Å²) in [7, 11) is 0. The van der Waals surface area contributed by atoms with Gasteiger partial charge >= 0.3 is 0 Å². The molecule has 1 aliphatic heterocycles. The van der Waals surface area contributed by atoms with Crippen molar-refractivity contribution in [2.24, 2.45) is 0 Å². The topological polar surface area (TPSA) is 97.6 Å². The minimum atomic E-state index is -0.445. The SMILES string of the molecule is CC1=C(C(=O)Nc2ccccn2)C(c2ccccc2)n2nc(-c3cccnc3)nc2N1. The largest absolute Gasteiger partial charge is 0.328 e. The van der Waals surface area contributed by atoms with Crippen molar-refractivity contribution in [2.45, 2.75) is 13.0 Å². The summed E-state index contributed by atoms with van der Waals surface area (Å²) < 4.78 is 1.75. The van der Waals surface area contributed by atoms with Gasteiger partial charge in [0.1, 0.15) is 11.9 Å². The summed E-state index contributed by atoms with van der Waals surface area (Å²) in [4.78, 5) is 26.3. The molecule has 1 amide bonds. The number of hydrogen-bond acceptors (Lipinski definition) is 6. The summed E-state index contributed by atoms with van der Waals surface area (Å²) in [5.41, 5.74) is 2.99. The molecule has 31 heavy (non-hydrogen) atoms. The van der Waals surface area contributed by atoms with Gasteiger partial charge in [0.15, 0.2) is 5.82 Å². The highest BCUT2D eigenvalue weighted by Crippen LogP contribution is 2.36. The van der Waals surface area contributed by atoms with E-state index in [0.29, 0.717) is 28.9 Å². The number of nitrogens with zero attached hydrogens (tertiary/aromatic N) is 5. The molecule has 1 atom stereocenters. The van der Waals surface area contributed by atoms with E-state index in [1.807, 2.05) is 55.5 Å². The monoisotopic (exact) mass is 409 g/mol. The molecule has 1 unspecified atom stereocenters. The number of aromatic nitrogens is 5. The van der Waals surface area contributed by atoms with Crippen LogP contribution in [-0.4, -0.2) is 30.6 Å². The van der Waals surface area contributed by atoms with E-state index in [9.17, 15) is 4.79 Å². The second-order valence-electron chi connectivity index (χ2n) is 7.09. The number of allylic oxidation sites excluding steroid dienone is 1. The van der Waals surface area contributed by atoms with Crippen LogP contribution in [0.1, 0.15) is 18.5 Å². The lowest BCUT2D eigenvalue weighted by molar-refractivity contribution is -0.113. The molecule has 0 spiro atoms. The van der Waals surface area contributed by atoms with Gasteiger partial charge in [-0.25, -0.2) is 9.67 Å². The third kappa shape index (κ3) is 3.55. The molecular weight excluding hydrogens is 390 g/mol. The lowest BCUT2D eigenvalue weighted by Gasteiger charge is -2.28. The zero-order valence-corrected chi connectivity index (χ0v) is 16.7. The first-order chi connectivity index (χ1) is 15.2. The Morgan fingerprint density at radius 1 is 1.03 bits per heavy atom. The molecule has 0 saturated carbocycles. The normalized spacial score (nSPS) is 15.2. The van der Waals surface area contributed by atoms with Gasteiger partial charge in [-0.1, -0.05) is 36.4 Å². The van der Waals surface area contributed by atoms with Crippen LogP contribution in [0.3, 0.4) is 0 Å². The van der Waals surface area contributed by atoms with Crippen LogP contribution in [0.2, 0.25) is 0 Å². The number of anilines is 2. The predicted molar refractivity (Wildman–Crippen MR) is 117 cm³/mol. The van der Waals surface area contributed by atoms with Crippen molar-refractivity contribution in [3.63, 3.8) is 0 Å².